The smallest absolute Gasteiger partial charge is 0.261 e. The van der Waals surface area contributed by atoms with E-state index in [0.717, 1.165) is 11.3 Å². The molecule has 2 aromatic rings. The lowest BCUT2D eigenvalue weighted by Gasteiger charge is -2.19. The first kappa shape index (κ1) is 13.8. The molecule has 4 nitrogen and oxygen atoms in total. The molecule has 6 heteroatoms. The zero-order chi connectivity index (χ0) is 14.0. The summed E-state index contributed by atoms with van der Waals surface area (Å²) in [6.45, 7) is 1.93. The fourth-order valence-corrected chi connectivity index (χ4v) is 2.05. The van der Waals surface area contributed by atoms with Crippen LogP contribution in [0.3, 0.4) is 0 Å². The topological polar surface area (TPSA) is 46.1 Å². The van der Waals surface area contributed by atoms with Crippen molar-refractivity contribution in [2.75, 3.05) is 11.9 Å². The zero-order valence-electron chi connectivity index (χ0n) is 10.4. The molecule has 0 fully saturated rings. The highest BCUT2D eigenvalue weighted by Gasteiger charge is 2.19. The average Bonchev–Trinajstić information content (AvgIpc) is 2.40. The van der Waals surface area contributed by atoms with Gasteiger partial charge in [0.25, 0.3) is 5.91 Å². The second-order valence-electron chi connectivity index (χ2n) is 4.02. The summed E-state index contributed by atoms with van der Waals surface area (Å²) in [5.41, 5.74) is 2.02. The second kappa shape index (κ2) is 5.55. The molecule has 1 heterocycles. The number of hydrogen-bond donors (Lipinski definition) is 0. The van der Waals surface area contributed by atoms with E-state index in [9.17, 15) is 4.79 Å². The van der Waals surface area contributed by atoms with Gasteiger partial charge >= 0.3 is 0 Å². The maximum atomic E-state index is 12.4. The molecule has 1 aromatic carbocycles. The number of carbonyl (C=O) groups is 1. The van der Waals surface area contributed by atoms with E-state index in [2.05, 4.69) is 10.2 Å². The number of aryl methyl sites for hydroxylation is 1. The number of benzene rings is 1. The molecule has 98 valence electrons. The van der Waals surface area contributed by atoms with Crippen LogP contribution in [0.2, 0.25) is 10.3 Å². The van der Waals surface area contributed by atoms with Gasteiger partial charge in [0.15, 0.2) is 10.3 Å². The minimum absolute atomic E-state index is 0.0369. The van der Waals surface area contributed by atoms with Crippen LogP contribution in [-0.4, -0.2) is 23.2 Å². The van der Waals surface area contributed by atoms with E-state index in [1.165, 1.54) is 11.0 Å². The zero-order valence-corrected chi connectivity index (χ0v) is 11.9. The number of nitrogens with zero attached hydrogens (tertiary/aromatic N) is 3. The van der Waals surface area contributed by atoms with Gasteiger partial charge in [-0.15, -0.1) is 10.2 Å². The highest BCUT2D eigenvalue weighted by atomic mass is 35.5. The van der Waals surface area contributed by atoms with E-state index >= 15 is 0 Å². The minimum Gasteiger partial charge on any atom is -0.311 e. The number of carbonyl (C=O) groups excluding carboxylic acids is 1. The van der Waals surface area contributed by atoms with Crippen LogP contribution in [0.5, 0.6) is 0 Å². The third kappa shape index (κ3) is 2.85. The molecule has 0 atom stereocenters. The first-order valence-electron chi connectivity index (χ1n) is 5.53. The lowest BCUT2D eigenvalue weighted by atomic mass is 10.1. The Morgan fingerprint density at radius 2 is 1.89 bits per heavy atom. The predicted octanol–water partition coefficient (Wildman–Crippen LogP) is 3.37. The van der Waals surface area contributed by atoms with Crippen LogP contribution >= 0.6 is 23.2 Å². The first-order valence-corrected chi connectivity index (χ1v) is 6.28. The fourth-order valence-electron chi connectivity index (χ4n) is 1.73. The maximum absolute atomic E-state index is 12.4. The van der Waals surface area contributed by atoms with Gasteiger partial charge in [0.05, 0.1) is 5.56 Å². The molecule has 19 heavy (non-hydrogen) atoms. The number of para-hydroxylation sites is 1. The Hall–Kier alpha value is -1.65. The third-order valence-electron chi connectivity index (χ3n) is 2.73. The van der Waals surface area contributed by atoms with E-state index in [4.69, 9.17) is 23.2 Å². The molecule has 0 saturated heterocycles. The molecule has 0 spiro atoms. The summed E-state index contributed by atoms with van der Waals surface area (Å²) in [5, 5.41) is 7.39. The van der Waals surface area contributed by atoms with E-state index < -0.39 is 0 Å². The molecule has 0 aliphatic rings. The second-order valence-corrected chi connectivity index (χ2v) is 4.77. The van der Waals surface area contributed by atoms with Crippen LogP contribution in [0.1, 0.15) is 15.9 Å². The van der Waals surface area contributed by atoms with Gasteiger partial charge in [-0.2, -0.15) is 0 Å². The molecule has 0 radical (unpaired) electrons. The van der Waals surface area contributed by atoms with Crippen molar-refractivity contribution in [3.63, 3.8) is 0 Å². The molecule has 2 rings (SSSR count). The number of anilines is 1. The summed E-state index contributed by atoms with van der Waals surface area (Å²) in [5.74, 6) is -0.281. The SMILES string of the molecule is Cc1ccccc1N(C)C(=O)c1cc(Cl)nnc1Cl. The summed E-state index contributed by atoms with van der Waals surface area (Å²) >= 11 is 11.6. The van der Waals surface area contributed by atoms with Gasteiger partial charge in [0.2, 0.25) is 0 Å². The minimum atomic E-state index is -0.281. The molecule has 0 bridgehead atoms. The maximum Gasteiger partial charge on any atom is 0.261 e. The molecule has 0 N–H and O–H groups in total. The molecule has 0 aliphatic heterocycles. The van der Waals surface area contributed by atoms with Crippen LogP contribution in [0.4, 0.5) is 5.69 Å². The normalized spacial score (nSPS) is 10.3. The highest BCUT2D eigenvalue weighted by Crippen LogP contribution is 2.23. The van der Waals surface area contributed by atoms with Gasteiger partial charge in [-0.05, 0) is 24.6 Å². The highest BCUT2D eigenvalue weighted by molar-refractivity contribution is 6.34. The van der Waals surface area contributed by atoms with Crippen molar-refractivity contribution < 1.29 is 4.79 Å². The van der Waals surface area contributed by atoms with Crippen LogP contribution in [-0.2, 0) is 0 Å². The van der Waals surface area contributed by atoms with Crippen molar-refractivity contribution in [3.05, 3.63) is 51.8 Å². The van der Waals surface area contributed by atoms with E-state index in [0.29, 0.717) is 0 Å². The molecule has 1 amide bonds. The van der Waals surface area contributed by atoms with Crippen molar-refractivity contribution in [3.8, 4) is 0 Å². The van der Waals surface area contributed by atoms with Crippen LogP contribution < -0.4 is 4.90 Å². The Labute approximate surface area is 121 Å². The standard InChI is InChI=1S/C13H11Cl2N3O/c1-8-5-3-4-6-10(8)18(2)13(19)9-7-11(14)16-17-12(9)15/h3-7H,1-2H3. The van der Waals surface area contributed by atoms with Crippen LogP contribution in [0.15, 0.2) is 30.3 Å². The van der Waals surface area contributed by atoms with Gasteiger partial charge in [-0.25, -0.2) is 0 Å². The molecule has 0 saturated carbocycles. The lowest BCUT2D eigenvalue weighted by molar-refractivity contribution is 0.0992. The Balaban J connectivity index is 2.39. The quantitative estimate of drug-likeness (QED) is 0.853. The van der Waals surface area contributed by atoms with E-state index in [1.807, 2.05) is 31.2 Å². The first-order chi connectivity index (χ1) is 9.00. The summed E-state index contributed by atoms with van der Waals surface area (Å²) in [7, 11) is 1.68. The van der Waals surface area contributed by atoms with Crippen molar-refractivity contribution in [2.45, 2.75) is 6.92 Å². The van der Waals surface area contributed by atoms with Crippen molar-refractivity contribution in [1.82, 2.24) is 10.2 Å². The van der Waals surface area contributed by atoms with Gasteiger partial charge in [0.1, 0.15) is 0 Å². The number of amides is 1. The van der Waals surface area contributed by atoms with Crippen molar-refractivity contribution in [2.24, 2.45) is 0 Å². The summed E-state index contributed by atoms with van der Waals surface area (Å²) in [4.78, 5) is 13.9. The Morgan fingerprint density at radius 3 is 2.58 bits per heavy atom. The summed E-state index contributed by atoms with van der Waals surface area (Å²) in [6.07, 6.45) is 0. The fraction of sp³-hybridized carbons (Fsp3) is 0.154. The molecule has 1 aromatic heterocycles. The van der Waals surface area contributed by atoms with Gasteiger partial charge in [0, 0.05) is 12.7 Å². The van der Waals surface area contributed by atoms with Gasteiger partial charge < -0.3 is 4.90 Å². The Bertz CT molecular complexity index is 631. The number of aromatic nitrogens is 2. The molecular formula is C13H11Cl2N3O. The molecule has 0 unspecified atom stereocenters. The summed E-state index contributed by atoms with van der Waals surface area (Å²) in [6, 6.07) is 8.98. The largest absolute Gasteiger partial charge is 0.311 e. The third-order valence-corrected chi connectivity index (χ3v) is 3.19. The molecular weight excluding hydrogens is 285 g/mol. The monoisotopic (exact) mass is 295 g/mol. The van der Waals surface area contributed by atoms with Gasteiger partial charge in [-0.1, -0.05) is 41.4 Å². The Morgan fingerprint density at radius 1 is 1.21 bits per heavy atom. The van der Waals surface area contributed by atoms with E-state index in [1.54, 1.807) is 7.05 Å². The predicted molar refractivity (Wildman–Crippen MR) is 76.0 cm³/mol. The van der Waals surface area contributed by atoms with E-state index in [-0.39, 0.29) is 21.8 Å². The van der Waals surface area contributed by atoms with Crippen molar-refractivity contribution in [1.29, 1.82) is 0 Å². The molecule has 0 aliphatic carbocycles. The van der Waals surface area contributed by atoms with Crippen molar-refractivity contribution >= 4 is 34.8 Å². The number of halogens is 2. The Kier molecular flexibility index (Phi) is 4.02. The van der Waals surface area contributed by atoms with Gasteiger partial charge in [-0.3, -0.25) is 4.79 Å². The summed E-state index contributed by atoms with van der Waals surface area (Å²) < 4.78 is 0. The van der Waals surface area contributed by atoms with Crippen LogP contribution in [0, 0.1) is 6.92 Å². The number of hydrogen-bond acceptors (Lipinski definition) is 3. The average molecular weight is 296 g/mol. The lowest BCUT2D eigenvalue weighted by Crippen LogP contribution is -2.27. The van der Waals surface area contributed by atoms with Crippen LogP contribution in [0.25, 0.3) is 0 Å². The number of rotatable bonds is 2.